The summed E-state index contributed by atoms with van der Waals surface area (Å²) in [5.41, 5.74) is 3.98. The normalized spacial score (nSPS) is 17.2. The fraction of sp³-hybridized carbons (Fsp3) is 0.273. The molecule has 5 rings (SSSR count). The number of ether oxygens (including phenoxy) is 1. The highest BCUT2D eigenvalue weighted by molar-refractivity contribution is 7.18. The Kier molecular flexibility index (Phi) is 4.40. The number of thiazole rings is 1. The number of hydrogen-bond acceptors (Lipinski definition) is 6. The van der Waals surface area contributed by atoms with E-state index in [2.05, 4.69) is 21.4 Å². The lowest BCUT2D eigenvalue weighted by Gasteiger charge is -2.20. The average molecular weight is 417 g/mol. The van der Waals surface area contributed by atoms with Gasteiger partial charge in [0.05, 0.1) is 32.7 Å². The number of amides is 1. The van der Waals surface area contributed by atoms with Crippen LogP contribution in [0.4, 0.5) is 0 Å². The molecule has 4 aromatic rings. The number of aryl methyl sites for hydroxylation is 1. The number of aromatic nitrogens is 3. The molecular weight excluding hydrogens is 398 g/mol. The molecule has 1 N–H and O–H groups in total. The predicted octanol–water partition coefficient (Wildman–Crippen LogP) is 3.69. The number of hydrogen-bond donors (Lipinski definition) is 1. The van der Waals surface area contributed by atoms with Crippen molar-refractivity contribution in [2.24, 2.45) is 5.92 Å². The molecule has 8 heteroatoms. The second-order valence-electron chi connectivity index (χ2n) is 7.55. The monoisotopic (exact) mass is 417 g/mol. The Balaban J connectivity index is 1.60. The molecule has 0 aliphatic carbocycles. The third-order valence-corrected chi connectivity index (χ3v) is 6.48. The van der Waals surface area contributed by atoms with E-state index < -0.39 is 0 Å². The molecule has 1 saturated heterocycles. The maximum Gasteiger partial charge on any atom is 0.220 e. The van der Waals surface area contributed by atoms with E-state index >= 15 is 0 Å². The van der Waals surface area contributed by atoms with Crippen molar-refractivity contribution >= 4 is 33.1 Å². The van der Waals surface area contributed by atoms with Crippen molar-refractivity contribution in [3.05, 3.63) is 47.2 Å². The van der Waals surface area contributed by atoms with E-state index in [9.17, 15) is 10.1 Å². The van der Waals surface area contributed by atoms with E-state index in [4.69, 9.17) is 4.74 Å². The van der Waals surface area contributed by atoms with Gasteiger partial charge in [-0.25, -0.2) is 9.97 Å². The number of nitrogens with one attached hydrogen (secondary N) is 1. The minimum absolute atomic E-state index is 0.0713. The Bertz CT molecular complexity index is 1330. The second kappa shape index (κ2) is 7.11. The molecule has 2 atom stereocenters. The van der Waals surface area contributed by atoms with Crippen molar-refractivity contribution in [1.82, 2.24) is 19.7 Å². The van der Waals surface area contributed by atoms with Crippen LogP contribution in [-0.2, 0) is 4.79 Å². The van der Waals surface area contributed by atoms with Crippen LogP contribution in [0.3, 0.4) is 0 Å². The van der Waals surface area contributed by atoms with Crippen LogP contribution in [0.25, 0.3) is 27.1 Å². The summed E-state index contributed by atoms with van der Waals surface area (Å²) in [7, 11) is 0. The average Bonchev–Trinajstić information content (AvgIpc) is 3.44. The number of carbonyl (C=O) groups is 1. The van der Waals surface area contributed by atoms with Gasteiger partial charge in [-0.2, -0.15) is 5.26 Å². The van der Waals surface area contributed by atoms with Gasteiger partial charge < -0.3 is 10.1 Å². The van der Waals surface area contributed by atoms with Crippen molar-refractivity contribution in [3.8, 4) is 23.1 Å². The van der Waals surface area contributed by atoms with Crippen LogP contribution in [0.15, 0.2) is 36.7 Å². The summed E-state index contributed by atoms with van der Waals surface area (Å²) in [6.45, 7) is 4.62. The van der Waals surface area contributed by atoms with E-state index in [1.54, 1.807) is 29.8 Å². The maximum atomic E-state index is 11.6. The predicted molar refractivity (Wildman–Crippen MR) is 114 cm³/mol. The van der Waals surface area contributed by atoms with Gasteiger partial charge >= 0.3 is 0 Å². The molecule has 1 amide bonds. The van der Waals surface area contributed by atoms with Gasteiger partial charge in [-0.1, -0.05) is 0 Å². The van der Waals surface area contributed by atoms with Crippen molar-refractivity contribution in [2.45, 2.75) is 26.4 Å². The summed E-state index contributed by atoms with van der Waals surface area (Å²) in [6, 6.07) is 9.79. The van der Waals surface area contributed by atoms with Gasteiger partial charge in [0.2, 0.25) is 5.91 Å². The van der Waals surface area contributed by atoms with Crippen LogP contribution in [0.1, 0.15) is 23.9 Å². The molecule has 1 aliphatic heterocycles. The summed E-state index contributed by atoms with van der Waals surface area (Å²) in [4.78, 5) is 20.7. The van der Waals surface area contributed by atoms with E-state index in [1.807, 2.05) is 36.4 Å². The van der Waals surface area contributed by atoms with Gasteiger partial charge in [0.25, 0.3) is 0 Å². The van der Waals surface area contributed by atoms with Gasteiger partial charge in [0, 0.05) is 30.6 Å². The van der Waals surface area contributed by atoms with Gasteiger partial charge in [0.1, 0.15) is 23.6 Å². The molecule has 1 fully saturated rings. The Morgan fingerprint density at radius 1 is 1.40 bits per heavy atom. The lowest BCUT2D eigenvalue weighted by Crippen LogP contribution is -2.25. The molecule has 7 nitrogen and oxygen atoms in total. The summed E-state index contributed by atoms with van der Waals surface area (Å²) >= 11 is 1.60. The Morgan fingerprint density at radius 3 is 3.03 bits per heavy atom. The minimum Gasteiger partial charge on any atom is -0.489 e. The standard InChI is InChI=1S/C22H19N5O2S/c1-12(16-7-21(28)25-9-16)29-19-6-15(5-17-22(19)30-13(2)26-17)18-10-24-20-4-3-14(8-23)11-27(18)20/h3-6,10-12,16H,7,9H2,1-2H3,(H,25,28)/t12-,16-/m1/s1. The Morgan fingerprint density at radius 2 is 2.27 bits per heavy atom. The highest BCUT2D eigenvalue weighted by Crippen LogP contribution is 2.37. The second-order valence-corrected chi connectivity index (χ2v) is 8.75. The van der Waals surface area contributed by atoms with E-state index in [-0.39, 0.29) is 17.9 Å². The Hall–Kier alpha value is -3.44. The summed E-state index contributed by atoms with van der Waals surface area (Å²) in [5, 5.41) is 13.1. The fourth-order valence-corrected chi connectivity index (χ4v) is 4.72. The van der Waals surface area contributed by atoms with Crippen LogP contribution in [0.5, 0.6) is 5.75 Å². The molecule has 0 bridgehead atoms. The highest BCUT2D eigenvalue weighted by atomic mass is 32.1. The van der Waals surface area contributed by atoms with Crippen molar-refractivity contribution < 1.29 is 9.53 Å². The molecule has 3 aromatic heterocycles. The molecule has 0 radical (unpaired) electrons. The van der Waals surface area contributed by atoms with Crippen LogP contribution in [0.2, 0.25) is 0 Å². The molecule has 0 unspecified atom stereocenters. The molecule has 30 heavy (non-hydrogen) atoms. The van der Waals surface area contributed by atoms with E-state index in [0.29, 0.717) is 18.5 Å². The summed E-state index contributed by atoms with van der Waals surface area (Å²) in [6.07, 6.45) is 3.95. The maximum absolute atomic E-state index is 11.6. The van der Waals surface area contributed by atoms with Gasteiger partial charge in [-0.05, 0) is 38.1 Å². The first-order valence-electron chi connectivity index (χ1n) is 9.74. The van der Waals surface area contributed by atoms with Crippen LogP contribution >= 0.6 is 11.3 Å². The smallest absolute Gasteiger partial charge is 0.220 e. The number of nitriles is 1. The van der Waals surface area contributed by atoms with Gasteiger partial charge in [0.15, 0.2) is 0 Å². The molecular formula is C22H19N5O2S. The van der Waals surface area contributed by atoms with Crippen molar-refractivity contribution in [3.63, 3.8) is 0 Å². The zero-order chi connectivity index (χ0) is 20.8. The molecule has 1 aliphatic rings. The van der Waals surface area contributed by atoms with E-state index in [0.717, 1.165) is 37.9 Å². The minimum atomic E-state index is -0.114. The lowest BCUT2D eigenvalue weighted by atomic mass is 10.0. The first-order valence-corrected chi connectivity index (χ1v) is 10.6. The number of benzene rings is 1. The van der Waals surface area contributed by atoms with Gasteiger partial charge in [-0.15, -0.1) is 11.3 Å². The molecule has 150 valence electrons. The third-order valence-electron chi connectivity index (χ3n) is 5.48. The number of nitrogens with zero attached hydrogens (tertiary/aromatic N) is 4. The number of pyridine rings is 1. The molecule has 1 aromatic carbocycles. The largest absolute Gasteiger partial charge is 0.489 e. The first kappa shape index (κ1) is 18.6. The number of fused-ring (bicyclic) bond motifs is 2. The number of carbonyl (C=O) groups excluding carboxylic acids is 1. The van der Waals surface area contributed by atoms with Crippen molar-refractivity contribution in [2.75, 3.05) is 6.54 Å². The number of rotatable bonds is 4. The van der Waals surface area contributed by atoms with Crippen LogP contribution in [-0.4, -0.2) is 32.9 Å². The topological polar surface area (TPSA) is 92.3 Å². The molecule has 0 saturated carbocycles. The summed E-state index contributed by atoms with van der Waals surface area (Å²) in [5.74, 6) is 0.965. The first-order chi connectivity index (χ1) is 14.5. The van der Waals surface area contributed by atoms with E-state index in [1.165, 1.54) is 0 Å². The Labute approximate surface area is 176 Å². The third kappa shape index (κ3) is 3.17. The van der Waals surface area contributed by atoms with Gasteiger partial charge in [-0.3, -0.25) is 9.20 Å². The van der Waals surface area contributed by atoms with Crippen LogP contribution < -0.4 is 10.1 Å². The molecule has 4 heterocycles. The SMILES string of the molecule is Cc1nc2cc(-c3cnc4ccc(C#N)cn34)cc(O[C@H](C)[C@H]3CNC(=O)C3)c2s1. The zero-order valence-corrected chi connectivity index (χ0v) is 17.4. The zero-order valence-electron chi connectivity index (χ0n) is 16.5. The quantitative estimate of drug-likeness (QED) is 0.547. The summed E-state index contributed by atoms with van der Waals surface area (Å²) < 4.78 is 9.27. The highest BCUT2D eigenvalue weighted by Gasteiger charge is 2.28. The molecule has 0 spiro atoms. The van der Waals surface area contributed by atoms with Crippen molar-refractivity contribution in [1.29, 1.82) is 5.26 Å². The number of imidazole rings is 1. The lowest BCUT2D eigenvalue weighted by molar-refractivity contribution is -0.119. The fourth-order valence-electron chi connectivity index (χ4n) is 3.86. The van der Waals surface area contributed by atoms with Crippen LogP contribution in [0, 0.1) is 24.2 Å².